The van der Waals surface area contributed by atoms with E-state index in [4.69, 9.17) is 39.5 Å². The van der Waals surface area contributed by atoms with Crippen molar-refractivity contribution in [2.24, 2.45) is 0 Å². The molecule has 1 fully saturated rings. The smallest absolute Gasteiger partial charge is 0.260 e. The first kappa shape index (κ1) is 20.6. The van der Waals surface area contributed by atoms with Gasteiger partial charge in [-0.3, -0.25) is 9.69 Å². The molecule has 1 aliphatic heterocycles. The van der Waals surface area contributed by atoms with E-state index in [-0.39, 0.29) is 23.3 Å². The molecule has 1 aromatic rings. The van der Waals surface area contributed by atoms with Gasteiger partial charge >= 0.3 is 0 Å². The molecule has 10 heteroatoms. The molecule has 0 aliphatic carbocycles. The summed E-state index contributed by atoms with van der Waals surface area (Å²) in [6, 6.07) is 2.94. The van der Waals surface area contributed by atoms with Gasteiger partial charge in [0.2, 0.25) is 0 Å². The van der Waals surface area contributed by atoms with Crippen LogP contribution in [0.15, 0.2) is 12.1 Å². The largest absolute Gasteiger partial charge is 0.482 e. The van der Waals surface area contributed by atoms with Gasteiger partial charge in [0.1, 0.15) is 15.6 Å². The molecule has 0 N–H and O–H groups in total. The van der Waals surface area contributed by atoms with Gasteiger partial charge < -0.3 is 9.64 Å². The first-order chi connectivity index (χ1) is 11.7. The van der Waals surface area contributed by atoms with Crippen LogP contribution in [0, 0.1) is 0 Å². The Balaban J connectivity index is 1.80. The molecule has 2 rings (SSSR count). The van der Waals surface area contributed by atoms with Crippen LogP contribution in [0.1, 0.15) is 0 Å². The van der Waals surface area contributed by atoms with E-state index < -0.39 is 9.84 Å². The average Bonchev–Trinajstić information content (AvgIpc) is 2.54. The summed E-state index contributed by atoms with van der Waals surface area (Å²) in [5.41, 5.74) is 0. The second kappa shape index (κ2) is 8.77. The molecule has 0 spiro atoms. The number of ether oxygens (including phenoxy) is 1. The summed E-state index contributed by atoms with van der Waals surface area (Å²) < 4.78 is 27.9. The standard InChI is InChI=1S/C15H19Cl3N2O4S/c1-25(22,23)7-6-19-2-4-20(5-3-19)15(21)10-24-14-9-12(17)11(16)8-13(14)18/h8-9H,2-7,10H2,1H3. The van der Waals surface area contributed by atoms with Gasteiger partial charge in [-0.15, -0.1) is 0 Å². The zero-order chi connectivity index (χ0) is 18.6. The number of carbonyl (C=O) groups excluding carboxylic acids is 1. The van der Waals surface area contributed by atoms with Crippen molar-refractivity contribution in [1.29, 1.82) is 0 Å². The molecular weight excluding hydrogens is 411 g/mol. The molecule has 1 heterocycles. The van der Waals surface area contributed by atoms with Gasteiger partial charge in [-0.05, 0) is 6.07 Å². The molecule has 1 saturated heterocycles. The van der Waals surface area contributed by atoms with E-state index >= 15 is 0 Å². The second-order valence-electron chi connectivity index (χ2n) is 5.84. The fourth-order valence-electron chi connectivity index (χ4n) is 2.36. The van der Waals surface area contributed by atoms with E-state index in [1.54, 1.807) is 4.90 Å². The highest BCUT2D eigenvalue weighted by molar-refractivity contribution is 7.90. The lowest BCUT2D eigenvalue weighted by Gasteiger charge is -2.34. The van der Waals surface area contributed by atoms with Gasteiger partial charge in [-0.25, -0.2) is 8.42 Å². The molecule has 0 aromatic heterocycles. The molecule has 25 heavy (non-hydrogen) atoms. The van der Waals surface area contributed by atoms with Crippen molar-refractivity contribution in [3.05, 3.63) is 27.2 Å². The minimum atomic E-state index is -2.98. The van der Waals surface area contributed by atoms with Crippen LogP contribution in [0.2, 0.25) is 15.1 Å². The molecule has 0 bridgehead atoms. The van der Waals surface area contributed by atoms with E-state index in [0.29, 0.717) is 48.5 Å². The lowest BCUT2D eigenvalue weighted by atomic mass is 10.3. The van der Waals surface area contributed by atoms with Gasteiger partial charge in [0.15, 0.2) is 6.61 Å². The van der Waals surface area contributed by atoms with E-state index in [1.807, 2.05) is 4.90 Å². The topological polar surface area (TPSA) is 66.9 Å². The third kappa shape index (κ3) is 6.49. The number of hydrogen-bond donors (Lipinski definition) is 0. The van der Waals surface area contributed by atoms with Gasteiger partial charge in [-0.1, -0.05) is 34.8 Å². The quantitative estimate of drug-likeness (QED) is 0.649. The summed E-state index contributed by atoms with van der Waals surface area (Å²) in [5, 5.41) is 0.899. The van der Waals surface area contributed by atoms with Crippen LogP contribution in [0.3, 0.4) is 0 Å². The number of nitrogens with zero attached hydrogens (tertiary/aromatic N) is 2. The Bertz CT molecular complexity index is 735. The molecular formula is C15H19Cl3N2O4S. The Kier molecular flexibility index (Phi) is 7.22. The van der Waals surface area contributed by atoms with Crippen LogP contribution in [0.25, 0.3) is 0 Å². The van der Waals surface area contributed by atoms with E-state index in [9.17, 15) is 13.2 Å². The molecule has 6 nitrogen and oxygen atoms in total. The Morgan fingerprint density at radius 1 is 1.08 bits per heavy atom. The number of carbonyl (C=O) groups is 1. The number of hydrogen-bond acceptors (Lipinski definition) is 5. The number of rotatable bonds is 6. The maximum absolute atomic E-state index is 12.2. The monoisotopic (exact) mass is 428 g/mol. The number of sulfone groups is 1. The third-order valence-corrected chi connectivity index (χ3v) is 5.77. The maximum Gasteiger partial charge on any atom is 0.260 e. The van der Waals surface area contributed by atoms with Crippen molar-refractivity contribution < 1.29 is 17.9 Å². The number of halogens is 3. The van der Waals surface area contributed by atoms with Crippen molar-refractivity contribution >= 4 is 50.5 Å². The summed E-state index contributed by atoms with van der Waals surface area (Å²) in [6.45, 7) is 2.66. The first-order valence-electron chi connectivity index (χ1n) is 7.61. The molecule has 1 aromatic carbocycles. The minimum absolute atomic E-state index is 0.125. The zero-order valence-electron chi connectivity index (χ0n) is 13.7. The second-order valence-corrected chi connectivity index (χ2v) is 9.32. The molecule has 1 aliphatic rings. The van der Waals surface area contributed by atoms with Crippen LogP contribution in [0.5, 0.6) is 5.75 Å². The number of benzene rings is 1. The van der Waals surface area contributed by atoms with Crippen LogP contribution >= 0.6 is 34.8 Å². The molecule has 0 saturated carbocycles. The fourth-order valence-corrected chi connectivity index (χ4v) is 3.54. The SMILES string of the molecule is CS(=O)(=O)CCN1CCN(C(=O)COc2cc(Cl)c(Cl)cc2Cl)CC1. The highest BCUT2D eigenvalue weighted by Crippen LogP contribution is 2.33. The van der Waals surface area contributed by atoms with Crippen molar-refractivity contribution in [1.82, 2.24) is 9.80 Å². The predicted octanol–water partition coefficient (Wildman–Crippen LogP) is 2.21. The van der Waals surface area contributed by atoms with E-state index in [2.05, 4.69) is 0 Å². The Morgan fingerprint density at radius 3 is 2.28 bits per heavy atom. The summed E-state index contributed by atoms with van der Waals surface area (Å²) in [5.74, 6) is 0.265. The maximum atomic E-state index is 12.2. The number of piperazine rings is 1. The molecule has 0 unspecified atom stereocenters. The highest BCUT2D eigenvalue weighted by Gasteiger charge is 2.22. The third-order valence-electron chi connectivity index (χ3n) is 3.83. The van der Waals surface area contributed by atoms with Crippen molar-refractivity contribution in [2.45, 2.75) is 0 Å². The number of amides is 1. The van der Waals surface area contributed by atoms with Crippen molar-refractivity contribution in [3.63, 3.8) is 0 Å². The van der Waals surface area contributed by atoms with Gasteiger partial charge in [0.25, 0.3) is 5.91 Å². The lowest BCUT2D eigenvalue weighted by molar-refractivity contribution is -0.135. The molecule has 1 amide bonds. The van der Waals surface area contributed by atoms with Crippen molar-refractivity contribution in [2.75, 3.05) is 51.3 Å². The van der Waals surface area contributed by atoms with Gasteiger partial charge in [-0.2, -0.15) is 0 Å². The Morgan fingerprint density at radius 2 is 1.68 bits per heavy atom. The van der Waals surface area contributed by atoms with Gasteiger partial charge in [0.05, 0.1) is 20.8 Å². The van der Waals surface area contributed by atoms with E-state index in [1.165, 1.54) is 18.4 Å². The molecule has 0 radical (unpaired) electrons. The van der Waals surface area contributed by atoms with Crippen LogP contribution < -0.4 is 4.74 Å². The average molecular weight is 430 g/mol. The van der Waals surface area contributed by atoms with Crippen LogP contribution in [-0.4, -0.2) is 75.5 Å². The minimum Gasteiger partial charge on any atom is -0.482 e. The van der Waals surface area contributed by atoms with Crippen LogP contribution in [-0.2, 0) is 14.6 Å². The summed E-state index contributed by atoms with van der Waals surface area (Å²) >= 11 is 17.8. The fraction of sp³-hybridized carbons (Fsp3) is 0.533. The Labute approximate surface area is 162 Å². The zero-order valence-corrected chi connectivity index (χ0v) is 16.8. The Hall–Kier alpha value is -0.730. The first-order valence-corrected chi connectivity index (χ1v) is 10.8. The summed E-state index contributed by atoms with van der Waals surface area (Å²) in [6.07, 6.45) is 1.22. The lowest BCUT2D eigenvalue weighted by Crippen LogP contribution is -2.50. The molecule has 0 atom stereocenters. The summed E-state index contributed by atoms with van der Waals surface area (Å²) in [4.78, 5) is 16.0. The molecule has 140 valence electrons. The van der Waals surface area contributed by atoms with E-state index in [0.717, 1.165) is 0 Å². The highest BCUT2D eigenvalue weighted by atomic mass is 35.5. The normalized spacial score (nSPS) is 16.1. The predicted molar refractivity (Wildman–Crippen MR) is 99.7 cm³/mol. The van der Waals surface area contributed by atoms with Crippen molar-refractivity contribution in [3.8, 4) is 5.75 Å². The van der Waals surface area contributed by atoms with Crippen LogP contribution in [0.4, 0.5) is 0 Å². The van der Waals surface area contributed by atoms with Gasteiger partial charge in [0, 0.05) is 45.0 Å². The summed E-state index contributed by atoms with van der Waals surface area (Å²) in [7, 11) is -2.98.